The average molecular weight is 542 g/mol. The Hall–Kier alpha value is -2.12. The second-order valence-electron chi connectivity index (χ2n) is 12.4. The predicted molar refractivity (Wildman–Crippen MR) is 149 cm³/mol. The highest BCUT2D eigenvalue weighted by Gasteiger charge is 2.68. The largest absolute Gasteiger partial charge is 0.461 e. The van der Waals surface area contributed by atoms with Gasteiger partial charge in [-0.1, -0.05) is 45.9 Å². The summed E-state index contributed by atoms with van der Waals surface area (Å²) in [5.74, 6) is -0.0944. The van der Waals surface area contributed by atoms with Gasteiger partial charge in [0, 0.05) is 41.5 Å². The predicted octanol–water partition coefficient (Wildman–Crippen LogP) is 5.32. The molecule has 1 amide bonds. The Morgan fingerprint density at radius 3 is 2.68 bits per heavy atom. The molecule has 3 aliphatic rings. The number of hydrogen-bond acceptors (Lipinski definition) is 6. The molecule has 3 aliphatic carbocycles. The highest BCUT2D eigenvalue weighted by atomic mass is 32.2. The molecular weight excluding hydrogens is 498 g/mol. The maximum Gasteiger partial charge on any atom is 0.316 e. The summed E-state index contributed by atoms with van der Waals surface area (Å²) in [6.07, 6.45) is 4.26. The van der Waals surface area contributed by atoms with Crippen LogP contribution in [0.25, 0.3) is 0 Å². The monoisotopic (exact) mass is 541 g/mol. The smallest absolute Gasteiger partial charge is 0.316 e. The van der Waals surface area contributed by atoms with Crippen LogP contribution in [0.3, 0.4) is 0 Å². The molecule has 208 valence electrons. The van der Waals surface area contributed by atoms with Gasteiger partial charge >= 0.3 is 5.97 Å². The molecule has 2 N–H and O–H groups in total. The Morgan fingerprint density at radius 2 is 2.00 bits per heavy atom. The summed E-state index contributed by atoms with van der Waals surface area (Å²) in [5, 5.41) is 14.4. The fraction of sp³-hybridized carbons (Fsp3) is 0.645. The van der Waals surface area contributed by atoms with E-state index in [2.05, 4.69) is 32.7 Å². The van der Waals surface area contributed by atoms with Crippen LogP contribution in [0.4, 0.5) is 0 Å². The van der Waals surface area contributed by atoms with E-state index >= 15 is 0 Å². The van der Waals surface area contributed by atoms with Crippen LogP contribution >= 0.6 is 11.8 Å². The van der Waals surface area contributed by atoms with E-state index in [1.165, 1.54) is 18.7 Å². The number of amides is 1. The van der Waals surface area contributed by atoms with Gasteiger partial charge in [0.05, 0.1) is 11.9 Å². The maximum absolute atomic E-state index is 13.5. The maximum atomic E-state index is 13.5. The van der Waals surface area contributed by atoms with Crippen LogP contribution in [0.15, 0.2) is 41.8 Å². The van der Waals surface area contributed by atoms with E-state index in [0.717, 1.165) is 29.7 Å². The molecular formula is C31H43NO5S. The second kappa shape index (κ2) is 10.8. The average Bonchev–Trinajstić information content (AvgIpc) is 3.25. The Balaban J connectivity index is 1.59. The highest BCUT2D eigenvalue weighted by molar-refractivity contribution is 8.00. The van der Waals surface area contributed by atoms with Crippen molar-refractivity contribution in [1.29, 1.82) is 0 Å². The van der Waals surface area contributed by atoms with Crippen LogP contribution in [0, 0.1) is 34.0 Å². The second-order valence-corrected chi connectivity index (χ2v) is 13.5. The van der Waals surface area contributed by atoms with Crippen molar-refractivity contribution < 1.29 is 24.2 Å². The molecule has 3 unspecified atom stereocenters. The van der Waals surface area contributed by atoms with Gasteiger partial charge in [-0.15, -0.1) is 18.3 Å². The van der Waals surface area contributed by atoms with Crippen LogP contribution < -0.4 is 5.32 Å². The van der Waals surface area contributed by atoms with E-state index in [4.69, 9.17) is 4.74 Å². The first-order valence-electron chi connectivity index (χ1n) is 13.9. The van der Waals surface area contributed by atoms with E-state index in [9.17, 15) is 19.5 Å². The first-order valence-corrected chi connectivity index (χ1v) is 14.9. The molecule has 4 rings (SSSR count). The van der Waals surface area contributed by atoms with Gasteiger partial charge in [0.15, 0.2) is 0 Å². The summed E-state index contributed by atoms with van der Waals surface area (Å²) < 4.78 is 6.32. The van der Waals surface area contributed by atoms with Crippen molar-refractivity contribution in [2.45, 2.75) is 90.4 Å². The number of carbonyl (C=O) groups excluding carboxylic acids is 3. The lowest BCUT2D eigenvalue weighted by Gasteiger charge is -2.61. The summed E-state index contributed by atoms with van der Waals surface area (Å²) in [6, 6.07) is 7.75. The van der Waals surface area contributed by atoms with E-state index in [1.807, 2.05) is 37.3 Å². The minimum absolute atomic E-state index is 0.0502. The number of benzene rings is 1. The number of aliphatic hydroxyl groups excluding tert-OH is 1. The zero-order valence-corrected chi connectivity index (χ0v) is 24.2. The fourth-order valence-corrected chi connectivity index (χ4v) is 8.57. The molecule has 0 aliphatic heterocycles. The van der Waals surface area contributed by atoms with E-state index in [-0.39, 0.29) is 46.6 Å². The number of hydrogen-bond donors (Lipinski definition) is 2. The van der Waals surface area contributed by atoms with Gasteiger partial charge in [-0.05, 0) is 60.6 Å². The number of carbonyl (C=O) groups is 3. The van der Waals surface area contributed by atoms with Crippen molar-refractivity contribution in [2.75, 3.05) is 5.75 Å². The van der Waals surface area contributed by atoms with Gasteiger partial charge in [-0.2, -0.15) is 0 Å². The molecule has 0 spiro atoms. The molecule has 0 saturated heterocycles. The van der Waals surface area contributed by atoms with Gasteiger partial charge in [-0.25, -0.2) is 0 Å². The number of thioether (sulfide) groups is 1. The zero-order chi connectivity index (χ0) is 27.9. The molecule has 0 heterocycles. The van der Waals surface area contributed by atoms with Crippen LogP contribution in [0.1, 0.15) is 72.3 Å². The van der Waals surface area contributed by atoms with E-state index < -0.39 is 23.0 Å². The Kier molecular flexibility index (Phi) is 8.21. The Labute approximate surface area is 231 Å². The number of ketones is 1. The molecule has 1 aromatic carbocycles. The number of Topliss-reactive ketones (excluding diaryl/α,β-unsaturated/α-hetero) is 1. The molecule has 2 bridgehead atoms. The van der Waals surface area contributed by atoms with Gasteiger partial charge < -0.3 is 15.2 Å². The number of aliphatic hydroxyl groups is 1. The molecule has 38 heavy (non-hydrogen) atoms. The first-order chi connectivity index (χ1) is 17.9. The molecule has 3 saturated carbocycles. The van der Waals surface area contributed by atoms with Gasteiger partial charge in [-0.3, -0.25) is 14.4 Å². The van der Waals surface area contributed by atoms with E-state index in [1.54, 1.807) is 0 Å². The topological polar surface area (TPSA) is 92.7 Å². The van der Waals surface area contributed by atoms with Crippen molar-refractivity contribution in [3.8, 4) is 0 Å². The SMILES string of the molecule is C=C[C@]1(C)C[C@@H](OC(=O)CSc2cccc(CNC(C)=O)c2)[C@]2(C)C(C)CCC3(CCC(=O)C32)[C@@H](C)[C@@H]1O. The summed E-state index contributed by atoms with van der Waals surface area (Å²) in [4.78, 5) is 39.0. The summed E-state index contributed by atoms with van der Waals surface area (Å²) in [5.41, 5.74) is -0.473. The molecule has 6 nitrogen and oxygen atoms in total. The van der Waals surface area contributed by atoms with Crippen LogP contribution in [0.2, 0.25) is 0 Å². The molecule has 7 heteroatoms. The third-order valence-corrected chi connectivity index (χ3v) is 11.3. The van der Waals surface area contributed by atoms with E-state index in [0.29, 0.717) is 19.4 Å². The molecule has 0 aromatic heterocycles. The number of esters is 1. The lowest BCUT2D eigenvalue weighted by Crippen LogP contribution is -2.63. The van der Waals surface area contributed by atoms with Crippen LogP contribution in [-0.4, -0.2) is 40.7 Å². The van der Waals surface area contributed by atoms with Crippen LogP contribution in [0.5, 0.6) is 0 Å². The minimum Gasteiger partial charge on any atom is -0.461 e. The van der Waals surface area contributed by atoms with Crippen molar-refractivity contribution in [2.24, 2.45) is 34.0 Å². The quantitative estimate of drug-likeness (QED) is 0.276. The number of nitrogens with one attached hydrogen (secondary N) is 1. The van der Waals surface area contributed by atoms with Gasteiger partial charge in [0.1, 0.15) is 11.9 Å². The van der Waals surface area contributed by atoms with Gasteiger partial charge in [0.25, 0.3) is 0 Å². The fourth-order valence-electron chi connectivity index (χ4n) is 7.81. The molecule has 8 atom stereocenters. The van der Waals surface area contributed by atoms with Crippen LogP contribution in [-0.2, 0) is 25.7 Å². The lowest BCUT2D eigenvalue weighted by atomic mass is 9.44. The number of rotatable bonds is 7. The van der Waals surface area contributed by atoms with Crippen molar-refractivity contribution >= 4 is 29.4 Å². The third kappa shape index (κ3) is 4.97. The summed E-state index contributed by atoms with van der Waals surface area (Å²) >= 11 is 1.40. The van der Waals surface area contributed by atoms with Crippen molar-refractivity contribution in [3.63, 3.8) is 0 Å². The van der Waals surface area contributed by atoms with Crippen molar-refractivity contribution in [3.05, 3.63) is 42.5 Å². The van der Waals surface area contributed by atoms with Crippen molar-refractivity contribution in [1.82, 2.24) is 5.32 Å². The lowest BCUT2D eigenvalue weighted by molar-refractivity contribution is -0.205. The highest BCUT2D eigenvalue weighted by Crippen LogP contribution is 2.68. The first kappa shape index (κ1) is 28.9. The zero-order valence-electron chi connectivity index (χ0n) is 23.4. The summed E-state index contributed by atoms with van der Waals surface area (Å²) in [7, 11) is 0. The third-order valence-electron chi connectivity index (χ3n) is 10.4. The Bertz CT molecular complexity index is 1110. The molecule has 3 fully saturated rings. The molecule has 1 aromatic rings. The molecule has 0 radical (unpaired) electrons. The standard InChI is InChI=1S/C31H43NO5S/c1-7-29(5)16-25(37-26(35)18-38-23-10-8-9-22(15-23)17-32-21(4)33)30(6)19(2)11-13-31(20(3)28(29)36)14-12-24(34)27(30)31/h7-10,15,19-20,25,27-28,36H,1,11-14,16-18H2,2-6H3,(H,32,33)/t19?,20-,25+,27?,28-,29+,30-,31?/m0/s1. The summed E-state index contributed by atoms with van der Waals surface area (Å²) in [6.45, 7) is 14.5. The normalized spacial score (nSPS) is 38.5. The number of ether oxygens (including phenoxy) is 1. The Morgan fingerprint density at radius 1 is 1.26 bits per heavy atom. The minimum atomic E-state index is -0.673. The van der Waals surface area contributed by atoms with Gasteiger partial charge in [0.2, 0.25) is 5.91 Å².